The van der Waals surface area contributed by atoms with E-state index in [1.165, 1.54) is 24.3 Å². The smallest absolute Gasteiger partial charge is 0.337 e. The van der Waals surface area contributed by atoms with E-state index >= 15 is 0 Å². The molecule has 6 nitrogen and oxygen atoms in total. The fourth-order valence-electron chi connectivity index (χ4n) is 2.86. The third-order valence-electron chi connectivity index (χ3n) is 4.24. The maximum Gasteiger partial charge on any atom is 0.337 e. The molecular formula is C21H11Cl2NO5S. The number of imide groups is 1. The molecule has 2 heterocycles. The first-order chi connectivity index (χ1) is 14.3. The van der Waals surface area contributed by atoms with Gasteiger partial charge >= 0.3 is 5.97 Å². The number of thioether (sulfide) groups is 1. The molecule has 1 N–H and O–H groups in total. The molecule has 4 rings (SSSR count). The van der Waals surface area contributed by atoms with Crippen LogP contribution in [0.4, 0.5) is 10.5 Å². The number of carbonyl (C=O) groups is 3. The van der Waals surface area contributed by atoms with Crippen molar-refractivity contribution in [1.29, 1.82) is 0 Å². The number of amides is 2. The summed E-state index contributed by atoms with van der Waals surface area (Å²) in [6.45, 7) is 0. The number of hydrogen-bond acceptors (Lipinski definition) is 5. The zero-order chi connectivity index (χ0) is 21.4. The summed E-state index contributed by atoms with van der Waals surface area (Å²) in [5, 5.41) is 9.30. The van der Waals surface area contributed by atoms with E-state index in [1.807, 2.05) is 0 Å². The van der Waals surface area contributed by atoms with Crippen LogP contribution in [0.5, 0.6) is 0 Å². The first-order valence-corrected chi connectivity index (χ1v) is 10.1. The van der Waals surface area contributed by atoms with Crippen molar-refractivity contribution in [1.82, 2.24) is 0 Å². The molecule has 150 valence electrons. The fraction of sp³-hybridized carbons (Fsp3) is 0. The number of aromatic carboxylic acids is 1. The second-order valence-corrected chi connectivity index (χ2v) is 8.04. The fourth-order valence-corrected chi connectivity index (χ4v) is 4.07. The van der Waals surface area contributed by atoms with E-state index < -0.39 is 17.1 Å². The predicted octanol–water partition coefficient (Wildman–Crippen LogP) is 6.19. The molecule has 0 atom stereocenters. The van der Waals surface area contributed by atoms with Gasteiger partial charge in [-0.1, -0.05) is 29.3 Å². The van der Waals surface area contributed by atoms with Gasteiger partial charge in [-0.15, -0.1) is 0 Å². The summed E-state index contributed by atoms with van der Waals surface area (Å²) in [5.41, 5.74) is 0.856. The van der Waals surface area contributed by atoms with Gasteiger partial charge in [0.05, 0.1) is 21.2 Å². The molecule has 0 spiro atoms. The molecule has 0 saturated carbocycles. The molecule has 1 saturated heterocycles. The molecule has 0 bridgehead atoms. The molecule has 2 aromatic carbocycles. The standard InChI is InChI=1S/C21H11Cl2NO5S/c22-12-2-1-3-13(9-12)24-19(25)18(30-21(24)28)10-14-5-7-17(29-14)11-4-6-16(23)15(8-11)20(26)27/h1-10H,(H,26,27). The molecule has 1 fully saturated rings. The number of carboxylic acid groups (broad SMARTS) is 1. The summed E-state index contributed by atoms with van der Waals surface area (Å²) < 4.78 is 5.72. The molecular weight excluding hydrogens is 449 g/mol. The molecule has 1 aliphatic rings. The maximum absolute atomic E-state index is 12.7. The van der Waals surface area contributed by atoms with Crippen molar-refractivity contribution in [3.8, 4) is 11.3 Å². The summed E-state index contributed by atoms with van der Waals surface area (Å²) >= 11 is 12.6. The van der Waals surface area contributed by atoms with Crippen molar-refractivity contribution in [3.05, 3.63) is 80.9 Å². The Bertz CT molecular complexity index is 1230. The zero-order valence-electron chi connectivity index (χ0n) is 15.0. The van der Waals surface area contributed by atoms with E-state index in [9.17, 15) is 19.5 Å². The van der Waals surface area contributed by atoms with E-state index in [0.717, 1.165) is 16.7 Å². The number of hydrogen-bond donors (Lipinski definition) is 1. The van der Waals surface area contributed by atoms with Crippen molar-refractivity contribution in [2.75, 3.05) is 4.90 Å². The lowest BCUT2D eigenvalue weighted by atomic mass is 10.1. The summed E-state index contributed by atoms with van der Waals surface area (Å²) in [5.74, 6) is -0.893. The van der Waals surface area contributed by atoms with Gasteiger partial charge in [-0.25, -0.2) is 9.69 Å². The number of nitrogens with zero attached hydrogens (tertiary/aromatic N) is 1. The SMILES string of the molecule is O=C(O)c1cc(-c2ccc(C=C3SC(=O)N(c4cccc(Cl)c4)C3=O)o2)ccc1Cl. The number of benzene rings is 2. The number of halogens is 2. The van der Waals surface area contributed by atoms with Gasteiger partial charge in [-0.3, -0.25) is 9.59 Å². The third kappa shape index (κ3) is 3.87. The monoisotopic (exact) mass is 459 g/mol. The van der Waals surface area contributed by atoms with Crippen LogP contribution in [0.1, 0.15) is 16.1 Å². The van der Waals surface area contributed by atoms with Gasteiger partial charge in [0.25, 0.3) is 11.1 Å². The second-order valence-electron chi connectivity index (χ2n) is 6.20. The van der Waals surface area contributed by atoms with E-state index in [0.29, 0.717) is 27.8 Å². The normalized spacial score (nSPS) is 15.3. The van der Waals surface area contributed by atoms with E-state index in [4.69, 9.17) is 27.6 Å². The van der Waals surface area contributed by atoms with Crippen LogP contribution >= 0.6 is 35.0 Å². The lowest BCUT2D eigenvalue weighted by Crippen LogP contribution is -2.27. The van der Waals surface area contributed by atoms with Gasteiger partial charge in [0.1, 0.15) is 11.5 Å². The minimum Gasteiger partial charge on any atom is -0.478 e. The van der Waals surface area contributed by atoms with Crippen molar-refractivity contribution < 1.29 is 23.9 Å². The largest absolute Gasteiger partial charge is 0.478 e. The van der Waals surface area contributed by atoms with Gasteiger partial charge in [-0.05, 0) is 60.3 Å². The lowest BCUT2D eigenvalue weighted by molar-refractivity contribution is -0.113. The van der Waals surface area contributed by atoms with E-state index in [1.54, 1.807) is 36.4 Å². The van der Waals surface area contributed by atoms with E-state index in [2.05, 4.69) is 0 Å². The Morgan fingerprint density at radius 1 is 1.07 bits per heavy atom. The number of carboxylic acids is 1. The highest BCUT2D eigenvalue weighted by Gasteiger charge is 2.36. The van der Waals surface area contributed by atoms with Crippen LogP contribution in [0, 0.1) is 0 Å². The van der Waals surface area contributed by atoms with Crippen molar-refractivity contribution in [2.24, 2.45) is 0 Å². The molecule has 0 unspecified atom stereocenters. The third-order valence-corrected chi connectivity index (χ3v) is 5.68. The van der Waals surface area contributed by atoms with Crippen LogP contribution in [0.2, 0.25) is 10.0 Å². The molecule has 3 aromatic rings. The Labute approximate surface area is 184 Å². The van der Waals surface area contributed by atoms with Gasteiger partial charge in [0, 0.05) is 16.7 Å². The molecule has 0 aliphatic carbocycles. The van der Waals surface area contributed by atoms with Crippen molar-refractivity contribution in [3.63, 3.8) is 0 Å². The topological polar surface area (TPSA) is 87.8 Å². The predicted molar refractivity (Wildman–Crippen MR) is 116 cm³/mol. The Kier molecular flexibility index (Phi) is 5.42. The zero-order valence-corrected chi connectivity index (χ0v) is 17.3. The number of furan rings is 1. The quantitative estimate of drug-likeness (QED) is 0.467. The maximum atomic E-state index is 12.7. The van der Waals surface area contributed by atoms with Crippen LogP contribution in [0.3, 0.4) is 0 Å². The minimum absolute atomic E-state index is 0.0465. The highest BCUT2D eigenvalue weighted by atomic mass is 35.5. The van der Waals surface area contributed by atoms with Gasteiger partial charge in [0.2, 0.25) is 0 Å². The lowest BCUT2D eigenvalue weighted by Gasteiger charge is -2.12. The van der Waals surface area contributed by atoms with E-state index in [-0.39, 0.29) is 15.5 Å². The van der Waals surface area contributed by atoms with Gasteiger partial charge in [0.15, 0.2) is 0 Å². The van der Waals surface area contributed by atoms with Gasteiger partial charge in [-0.2, -0.15) is 0 Å². The van der Waals surface area contributed by atoms with Crippen LogP contribution in [-0.4, -0.2) is 22.2 Å². The molecule has 0 radical (unpaired) electrons. The molecule has 2 amide bonds. The minimum atomic E-state index is -1.15. The number of carbonyl (C=O) groups excluding carboxylic acids is 2. The summed E-state index contributed by atoms with van der Waals surface area (Å²) in [6, 6.07) is 14.2. The Balaban J connectivity index is 1.62. The molecule has 1 aliphatic heterocycles. The Morgan fingerprint density at radius 2 is 1.87 bits per heavy atom. The second kappa shape index (κ2) is 8.02. The van der Waals surface area contributed by atoms with Crippen molar-refractivity contribution in [2.45, 2.75) is 0 Å². The van der Waals surface area contributed by atoms with Crippen LogP contribution in [0.25, 0.3) is 17.4 Å². The number of anilines is 1. The summed E-state index contributed by atoms with van der Waals surface area (Å²) in [7, 11) is 0. The first kappa shape index (κ1) is 20.3. The van der Waals surface area contributed by atoms with Crippen LogP contribution in [0.15, 0.2) is 63.9 Å². The highest BCUT2D eigenvalue weighted by molar-refractivity contribution is 8.19. The average molecular weight is 460 g/mol. The van der Waals surface area contributed by atoms with Gasteiger partial charge < -0.3 is 9.52 Å². The molecule has 9 heteroatoms. The summed E-state index contributed by atoms with van der Waals surface area (Å²) in [4.78, 5) is 37.6. The highest BCUT2D eigenvalue weighted by Crippen LogP contribution is 2.37. The van der Waals surface area contributed by atoms with Crippen molar-refractivity contribution >= 4 is 63.8 Å². The average Bonchev–Trinajstić information content (AvgIpc) is 3.26. The van der Waals surface area contributed by atoms with Crippen LogP contribution < -0.4 is 4.90 Å². The first-order valence-electron chi connectivity index (χ1n) is 8.50. The Morgan fingerprint density at radius 3 is 2.60 bits per heavy atom. The summed E-state index contributed by atoms with van der Waals surface area (Å²) in [6.07, 6.45) is 1.47. The number of rotatable bonds is 4. The molecule has 30 heavy (non-hydrogen) atoms. The Hall–Kier alpha value is -3.00. The van der Waals surface area contributed by atoms with Crippen LogP contribution in [-0.2, 0) is 4.79 Å². The molecule has 1 aromatic heterocycles.